The molecule has 0 bridgehead atoms. The Bertz CT molecular complexity index is 1490. The van der Waals surface area contributed by atoms with Gasteiger partial charge < -0.3 is 14.8 Å². The predicted octanol–water partition coefficient (Wildman–Crippen LogP) is 3.28. The van der Waals surface area contributed by atoms with Crippen LogP contribution in [0.5, 0.6) is 5.88 Å². The summed E-state index contributed by atoms with van der Waals surface area (Å²) in [6, 6.07) is 11.6. The monoisotopic (exact) mass is 468 g/mol. The van der Waals surface area contributed by atoms with Gasteiger partial charge >= 0.3 is 0 Å². The summed E-state index contributed by atoms with van der Waals surface area (Å²) in [4.78, 5) is 21.8. The Balaban J connectivity index is 1.36. The fourth-order valence-corrected chi connectivity index (χ4v) is 4.30. The molecular weight excluding hydrogens is 444 g/mol. The van der Waals surface area contributed by atoms with Crippen LogP contribution in [0.1, 0.15) is 34.1 Å². The van der Waals surface area contributed by atoms with E-state index in [1.54, 1.807) is 36.3 Å². The number of carbonyl (C=O) groups is 1. The lowest BCUT2D eigenvalue weighted by molar-refractivity contribution is 0.0757. The number of nitrogens with zero attached hydrogens (tertiary/aromatic N) is 5. The highest BCUT2D eigenvalue weighted by Crippen LogP contribution is 2.33. The normalized spacial score (nSPS) is 17.0. The van der Waals surface area contributed by atoms with Crippen molar-refractivity contribution < 1.29 is 14.3 Å². The van der Waals surface area contributed by atoms with Crippen molar-refractivity contribution in [1.82, 2.24) is 25.1 Å². The van der Waals surface area contributed by atoms with Gasteiger partial charge in [-0.1, -0.05) is 6.07 Å². The van der Waals surface area contributed by atoms with Gasteiger partial charge in [0.1, 0.15) is 5.41 Å². The Kier molecular flexibility index (Phi) is 5.67. The summed E-state index contributed by atoms with van der Waals surface area (Å²) < 4.78 is 12.6. The minimum Gasteiger partial charge on any atom is -0.479 e. The molecule has 3 aromatic heterocycles. The Morgan fingerprint density at radius 3 is 2.94 bits per heavy atom. The van der Waals surface area contributed by atoms with E-state index < -0.39 is 5.41 Å². The number of benzene rings is 1. The summed E-state index contributed by atoms with van der Waals surface area (Å²) in [6.45, 7) is 2.83. The number of nitriles is 1. The molecule has 9 heteroatoms. The first-order chi connectivity index (χ1) is 16.9. The molecule has 0 spiro atoms. The van der Waals surface area contributed by atoms with Crippen LogP contribution in [0.3, 0.4) is 0 Å². The zero-order chi connectivity index (χ0) is 24.6. The number of rotatable bonds is 5. The molecule has 1 aliphatic rings. The molecule has 0 aliphatic carbocycles. The summed E-state index contributed by atoms with van der Waals surface area (Å²) in [6.07, 6.45) is 5.34. The molecule has 35 heavy (non-hydrogen) atoms. The first-order valence-corrected chi connectivity index (χ1v) is 11.1. The molecule has 4 aromatic rings. The average molecular weight is 469 g/mol. The average Bonchev–Trinajstić information content (AvgIpc) is 3.27. The Morgan fingerprint density at radius 1 is 1.29 bits per heavy atom. The van der Waals surface area contributed by atoms with Crippen LogP contribution in [-0.2, 0) is 30.4 Å². The minimum absolute atomic E-state index is 0.228. The molecule has 1 aromatic carbocycles. The Morgan fingerprint density at radius 2 is 2.14 bits per heavy atom. The Hall–Kier alpha value is -4.29. The fourth-order valence-electron chi connectivity index (χ4n) is 4.30. The smallest absolute Gasteiger partial charge is 0.251 e. The number of hydrogen-bond acceptors (Lipinski definition) is 7. The predicted molar refractivity (Wildman–Crippen MR) is 129 cm³/mol. The van der Waals surface area contributed by atoms with Crippen molar-refractivity contribution in [2.45, 2.75) is 25.5 Å². The van der Waals surface area contributed by atoms with Crippen LogP contribution in [0.15, 0.2) is 48.9 Å². The van der Waals surface area contributed by atoms with E-state index in [1.165, 1.54) is 0 Å². The lowest BCUT2D eigenvalue weighted by atomic mass is 9.79. The van der Waals surface area contributed by atoms with Gasteiger partial charge in [-0.15, -0.1) is 5.10 Å². The highest BCUT2D eigenvalue weighted by Gasteiger charge is 2.33. The first kappa shape index (κ1) is 22.5. The molecule has 0 radical (unpaired) electrons. The van der Waals surface area contributed by atoms with Crippen molar-refractivity contribution in [3.8, 4) is 23.1 Å². The summed E-state index contributed by atoms with van der Waals surface area (Å²) in [5, 5.41) is 17.8. The number of methoxy groups -OCH3 is 1. The molecule has 1 amide bonds. The fraction of sp³-hybridized carbons (Fsp3) is 0.269. The van der Waals surface area contributed by atoms with Crippen molar-refractivity contribution in [2.24, 2.45) is 7.05 Å². The molecule has 5 rings (SSSR count). The maximum atomic E-state index is 12.9. The number of ether oxygens (including phenoxy) is 2. The zero-order valence-corrected chi connectivity index (χ0v) is 19.7. The standard InChI is InChI=1S/C26H24N6O3/c1-26(14-27)15-35-13-17-5-4-16(8-22(17)26)24(33)30-10-20-7-18-6-19(9-29-23(18)11-28-20)21-12-32(2)31-25(21)34-3/h4-9,11-12H,10,13,15H2,1-3H3,(H,30,33)/t26-/m1/s1. The molecular formula is C26H24N6O3. The van der Waals surface area contributed by atoms with E-state index in [2.05, 4.69) is 26.5 Å². The van der Waals surface area contributed by atoms with E-state index in [1.807, 2.05) is 38.4 Å². The number of pyridine rings is 2. The third kappa shape index (κ3) is 4.20. The third-order valence-electron chi connectivity index (χ3n) is 6.22. The summed E-state index contributed by atoms with van der Waals surface area (Å²) in [5.74, 6) is 0.299. The molecule has 0 saturated heterocycles. The summed E-state index contributed by atoms with van der Waals surface area (Å²) in [5.41, 5.74) is 4.68. The zero-order valence-electron chi connectivity index (χ0n) is 19.7. The van der Waals surface area contributed by atoms with Crippen LogP contribution in [0, 0.1) is 11.3 Å². The van der Waals surface area contributed by atoms with Gasteiger partial charge in [-0.3, -0.25) is 19.4 Å². The maximum Gasteiger partial charge on any atom is 0.251 e. The number of aromatic nitrogens is 4. The molecule has 4 heterocycles. The molecule has 176 valence electrons. The van der Waals surface area contributed by atoms with Crippen LogP contribution >= 0.6 is 0 Å². The quantitative estimate of drug-likeness (QED) is 0.478. The lowest BCUT2D eigenvalue weighted by Gasteiger charge is -2.30. The van der Waals surface area contributed by atoms with Crippen LogP contribution in [-0.4, -0.2) is 39.4 Å². The van der Waals surface area contributed by atoms with Crippen molar-refractivity contribution in [2.75, 3.05) is 13.7 Å². The van der Waals surface area contributed by atoms with Gasteiger partial charge in [-0.05, 0) is 42.3 Å². The highest BCUT2D eigenvalue weighted by molar-refractivity contribution is 5.94. The molecule has 0 fully saturated rings. The van der Waals surface area contributed by atoms with E-state index in [0.29, 0.717) is 30.4 Å². The minimum atomic E-state index is -0.772. The maximum absolute atomic E-state index is 12.9. The van der Waals surface area contributed by atoms with Crippen LogP contribution < -0.4 is 10.1 Å². The second-order valence-corrected chi connectivity index (χ2v) is 8.81. The van der Waals surface area contributed by atoms with E-state index in [0.717, 1.165) is 33.2 Å². The molecule has 0 unspecified atom stereocenters. The second-order valence-electron chi connectivity index (χ2n) is 8.81. The number of aryl methyl sites for hydroxylation is 1. The number of fused-ring (bicyclic) bond motifs is 2. The SMILES string of the molecule is COc1nn(C)cc1-c1cnc2cnc(CNC(=O)c3ccc4c(c3)[C@](C)(C#N)COC4)cc2c1. The topological polar surface area (TPSA) is 115 Å². The first-order valence-electron chi connectivity index (χ1n) is 11.1. The van der Waals surface area contributed by atoms with Gasteiger partial charge in [0.25, 0.3) is 5.91 Å². The Labute approximate surface area is 202 Å². The summed E-state index contributed by atoms with van der Waals surface area (Å²) in [7, 11) is 3.42. The number of nitrogens with one attached hydrogen (secondary N) is 1. The van der Waals surface area contributed by atoms with Gasteiger partial charge in [0.2, 0.25) is 5.88 Å². The van der Waals surface area contributed by atoms with Gasteiger partial charge in [0, 0.05) is 36.0 Å². The second kappa shape index (κ2) is 8.81. The molecule has 1 atom stereocenters. The van der Waals surface area contributed by atoms with Crippen molar-refractivity contribution in [1.29, 1.82) is 5.26 Å². The lowest BCUT2D eigenvalue weighted by Crippen LogP contribution is -2.33. The van der Waals surface area contributed by atoms with Crippen molar-refractivity contribution in [3.05, 3.63) is 71.3 Å². The molecule has 1 aliphatic heterocycles. The van der Waals surface area contributed by atoms with Crippen LogP contribution in [0.4, 0.5) is 0 Å². The van der Waals surface area contributed by atoms with E-state index in [-0.39, 0.29) is 12.5 Å². The van der Waals surface area contributed by atoms with E-state index >= 15 is 0 Å². The van der Waals surface area contributed by atoms with Crippen LogP contribution in [0.25, 0.3) is 22.0 Å². The van der Waals surface area contributed by atoms with Gasteiger partial charge in [-0.2, -0.15) is 5.26 Å². The van der Waals surface area contributed by atoms with Crippen LogP contribution in [0.2, 0.25) is 0 Å². The largest absolute Gasteiger partial charge is 0.479 e. The highest BCUT2D eigenvalue weighted by atomic mass is 16.5. The van der Waals surface area contributed by atoms with E-state index in [4.69, 9.17) is 9.47 Å². The number of amides is 1. The van der Waals surface area contributed by atoms with Crippen molar-refractivity contribution >= 4 is 16.8 Å². The molecule has 0 saturated carbocycles. The summed E-state index contributed by atoms with van der Waals surface area (Å²) >= 11 is 0. The molecule has 9 nitrogen and oxygen atoms in total. The molecule has 1 N–H and O–H groups in total. The van der Waals surface area contributed by atoms with E-state index in [9.17, 15) is 10.1 Å². The van der Waals surface area contributed by atoms with Gasteiger partial charge in [0.15, 0.2) is 0 Å². The van der Waals surface area contributed by atoms with Crippen molar-refractivity contribution in [3.63, 3.8) is 0 Å². The number of hydrogen-bond donors (Lipinski definition) is 1. The third-order valence-corrected chi connectivity index (χ3v) is 6.22. The van der Waals surface area contributed by atoms with Gasteiger partial charge in [0.05, 0.1) is 55.9 Å². The number of carbonyl (C=O) groups excluding carboxylic acids is 1. The van der Waals surface area contributed by atoms with Gasteiger partial charge in [-0.25, -0.2) is 0 Å².